The molecule has 3 amide bonds. The molecule has 9 nitrogen and oxygen atoms in total. The van der Waals surface area contributed by atoms with E-state index in [0.29, 0.717) is 0 Å². The lowest BCUT2D eigenvalue weighted by molar-refractivity contribution is -0.195. The Morgan fingerprint density at radius 1 is 1.03 bits per heavy atom. The van der Waals surface area contributed by atoms with Crippen LogP contribution in [0.5, 0.6) is 0 Å². The smallest absolute Gasteiger partial charge is 0.442 e. The molecule has 0 aromatic heterocycles. The number of piperazine rings is 1. The van der Waals surface area contributed by atoms with Crippen LogP contribution in [0, 0.1) is 5.82 Å². The van der Waals surface area contributed by atoms with E-state index in [9.17, 15) is 45.1 Å². The van der Waals surface area contributed by atoms with E-state index < -0.39 is 58.7 Å². The van der Waals surface area contributed by atoms with E-state index in [1.54, 1.807) is 10.6 Å². The molecule has 2 aliphatic heterocycles. The zero-order chi connectivity index (χ0) is 29.3. The number of rotatable bonds is 6. The van der Waals surface area contributed by atoms with Gasteiger partial charge in [0.1, 0.15) is 11.9 Å². The monoisotopic (exact) mass is 631 g/mol. The second-order valence-electron chi connectivity index (χ2n) is 8.40. The largest absolute Gasteiger partial charge is 0.471 e. The van der Waals surface area contributed by atoms with E-state index in [1.165, 1.54) is 17.0 Å². The molecule has 2 heterocycles. The Kier molecular flexibility index (Phi) is 9.24. The maximum absolute atomic E-state index is 14.9. The fourth-order valence-electron chi connectivity index (χ4n) is 3.87. The highest BCUT2D eigenvalue weighted by Crippen LogP contribution is 2.32. The molecule has 0 saturated carbocycles. The number of amides is 3. The highest BCUT2D eigenvalue weighted by Gasteiger charge is 2.48. The summed E-state index contributed by atoms with van der Waals surface area (Å²) in [6.45, 7) is -1.57. The number of hydrogen-bond donors (Lipinski definition) is 2. The molecule has 0 spiro atoms. The topological polar surface area (TPSA) is 94.2 Å². The maximum atomic E-state index is 14.9. The number of nitrogens with one attached hydrogen (secondary N) is 2. The van der Waals surface area contributed by atoms with E-state index in [2.05, 4.69) is 0 Å². The third kappa shape index (κ3) is 7.83. The summed E-state index contributed by atoms with van der Waals surface area (Å²) in [5.41, 5.74) is 0.0185. The lowest BCUT2D eigenvalue weighted by atomic mass is 10.2. The van der Waals surface area contributed by atoms with Crippen LogP contribution in [-0.4, -0.2) is 90.5 Å². The van der Waals surface area contributed by atoms with Crippen molar-refractivity contribution in [3.8, 4) is 0 Å². The number of hydrogen-bond acceptors (Lipinski definition) is 6. The molecule has 3 rings (SSSR count). The zero-order valence-electron chi connectivity index (χ0n) is 19.4. The third-order valence-electron chi connectivity index (χ3n) is 5.72. The van der Waals surface area contributed by atoms with Gasteiger partial charge in [-0.25, -0.2) is 9.18 Å². The van der Waals surface area contributed by atoms with E-state index in [1.807, 2.05) is 0 Å². The van der Waals surface area contributed by atoms with Gasteiger partial charge in [-0.15, -0.1) is 0 Å². The van der Waals surface area contributed by atoms with Crippen molar-refractivity contribution in [1.29, 1.82) is 0 Å². The van der Waals surface area contributed by atoms with Gasteiger partial charge in [0.25, 0.3) is 9.70 Å². The Bertz CT molecular complexity index is 1090. The predicted molar refractivity (Wildman–Crippen MR) is 125 cm³/mol. The van der Waals surface area contributed by atoms with Gasteiger partial charge < -0.3 is 20.3 Å². The van der Waals surface area contributed by atoms with Gasteiger partial charge in [0.05, 0.1) is 24.5 Å². The van der Waals surface area contributed by atoms with Crippen LogP contribution in [0.3, 0.4) is 0 Å². The van der Waals surface area contributed by atoms with Crippen LogP contribution in [0.4, 0.5) is 46.9 Å². The number of nitrogens with zero attached hydrogens (tertiary/aromatic N) is 3. The molecule has 0 radical (unpaired) electrons. The van der Waals surface area contributed by atoms with Crippen LogP contribution < -0.4 is 20.4 Å². The van der Waals surface area contributed by atoms with Crippen LogP contribution in [0.2, 0.25) is 0 Å². The molecule has 218 valence electrons. The first-order valence-electron chi connectivity index (χ1n) is 10.9. The van der Waals surface area contributed by atoms with Crippen LogP contribution in [0.25, 0.3) is 0 Å². The summed E-state index contributed by atoms with van der Waals surface area (Å²) >= 11 is 16.1. The van der Waals surface area contributed by atoms with E-state index in [0.717, 1.165) is 15.9 Å². The Morgan fingerprint density at radius 2 is 1.64 bits per heavy atom. The number of anilines is 2. The van der Waals surface area contributed by atoms with Gasteiger partial charge in [0, 0.05) is 26.2 Å². The molecule has 2 saturated heterocycles. The Balaban J connectivity index is 1.62. The quantitative estimate of drug-likeness (QED) is 0.370. The molecular weight excluding hydrogens is 614 g/mol. The highest BCUT2D eigenvalue weighted by molar-refractivity contribution is 6.76. The molecule has 2 N–H and O–H groups in total. The van der Waals surface area contributed by atoms with Gasteiger partial charge in [-0.3, -0.25) is 19.4 Å². The number of carbonyl (C=O) groups is 3. The summed E-state index contributed by atoms with van der Waals surface area (Å²) in [5, 5.41) is 3.24. The number of alkyl halides is 9. The summed E-state index contributed by atoms with van der Waals surface area (Å²) in [6, 6.07) is 3.56. The molecule has 1 aromatic rings. The molecule has 1 aromatic carbocycles. The SMILES string of the molecule is O=C1O[C@@H](CNC(=O)C(F)(F)F)CN1c1ccc(N2CCN(C(NC(=O)C(Cl)(Cl)Cl)C(F)(F)F)CC2)c(F)c1. The van der Waals surface area contributed by atoms with Gasteiger partial charge in [-0.2, -0.15) is 26.3 Å². The summed E-state index contributed by atoms with van der Waals surface area (Å²) < 4.78 is 94.9. The second-order valence-corrected chi connectivity index (χ2v) is 10.7. The third-order valence-corrected chi connectivity index (χ3v) is 6.24. The van der Waals surface area contributed by atoms with Gasteiger partial charge in [0.15, 0.2) is 6.17 Å². The minimum Gasteiger partial charge on any atom is -0.442 e. The van der Waals surface area contributed by atoms with E-state index >= 15 is 0 Å². The summed E-state index contributed by atoms with van der Waals surface area (Å²) in [6.07, 6.45) is -14.6. The van der Waals surface area contributed by atoms with Crippen LogP contribution in [0.15, 0.2) is 18.2 Å². The first-order chi connectivity index (χ1) is 17.9. The van der Waals surface area contributed by atoms with Crippen LogP contribution >= 0.6 is 34.8 Å². The van der Waals surface area contributed by atoms with Crippen molar-refractivity contribution >= 4 is 64.1 Å². The number of benzene rings is 1. The van der Waals surface area contributed by atoms with Crippen molar-refractivity contribution in [2.24, 2.45) is 0 Å². The number of ether oxygens (including phenoxy) is 1. The molecule has 2 atom stereocenters. The van der Waals surface area contributed by atoms with Crippen molar-refractivity contribution in [3.05, 3.63) is 24.0 Å². The number of halogens is 10. The lowest BCUT2D eigenvalue weighted by Crippen LogP contribution is -2.62. The normalized spacial score (nSPS) is 20.1. The Morgan fingerprint density at radius 3 is 2.15 bits per heavy atom. The van der Waals surface area contributed by atoms with Gasteiger partial charge in [-0.05, 0) is 18.2 Å². The van der Waals surface area contributed by atoms with E-state index in [4.69, 9.17) is 39.5 Å². The van der Waals surface area contributed by atoms with Gasteiger partial charge in [-0.1, -0.05) is 34.8 Å². The number of carbonyl (C=O) groups excluding carboxylic acids is 3. The van der Waals surface area contributed by atoms with Crippen molar-refractivity contribution in [1.82, 2.24) is 15.5 Å². The molecular formula is C20H19Cl3F7N5O4. The van der Waals surface area contributed by atoms with Crippen LogP contribution in [0.1, 0.15) is 0 Å². The average molecular weight is 633 g/mol. The molecule has 19 heteroatoms. The summed E-state index contributed by atoms with van der Waals surface area (Å²) in [4.78, 5) is 38.1. The maximum Gasteiger partial charge on any atom is 0.471 e. The molecule has 39 heavy (non-hydrogen) atoms. The Hall–Kier alpha value is -2.43. The fraction of sp³-hybridized carbons (Fsp3) is 0.550. The standard InChI is InChI=1S/C20H19Cl3F7N5O4/c21-18(22,23)15(36)32-14(19(25,26)27)34-5-3-33(4-6-34)13-2-1-10(7-12(13)24)35-9-11(39-17(35)38)8-31-16(37)20(28,29)30/h1-2,7,11,14H,3-6,8-9H2,(H,31,37)(H,32,36)/t11-,14?/m0/s1. The highest BCUT2D eigenvalue weighted by atomic mass is 35.6. The molecule has 0 aliphatic carbocycles. The van der Waals surface area contributed by atoms with E-state index in [-0.39, 0.29) is 44.1 Å². The molecule has 2 aliphatic rings. The molecule has 1 unspecified atom stereocenters. The van der Waals surface area contributed by atoms with Crippen molar-refractivity contribution < 1.29 is 49.9 Å². The van der Waals surface area contributed by atoms with Crippen molar-refractivity contribution in [2.75, 3.05) is 49.1 Å². The number of cyclic esters (lactones) is 1. The molecule has 2 fully saturated rings. The first kappa shape index (κ1) is 31.1. The summed E-state index contributed by atoms with van der Waals surface area (Å²) in [7, 11) is 0. The first-order valence-corrected chi connectivity index (χ1v) is 12.1. The summed E-state index contributed by atoms with van der Waals surface area (Å²) in [5.74, 6) is -4.51. The average Bonchev–Trinajstić information content (AvgIpc) is 3.19. The van der Waals surface area contributed by atoms with Gasteiger partial charge >= 0.3 is 24.4 Å². The van der Waals surface area contributed by atoms with Crippen molar-refractivity contribution in [2.45, 2.75) is 28.4 Å². The molecule has 0 bridgehead atoms. The fourth-order valence-corrected chi connectivity index (χ4v) is 4.04. The van der Waals surface area contributed by atoms with Crippen LogP contribution in [-0.2, 0) is 14.3 Å². The lowest BCUT2D eigenvalue weighted by Gasteiger charge is -2.41. The predicted octanol–water partition coefficient (Wildman–Crippen LogP) is 3.33. The van der Waals surface area contributed by atoms with Crippen molar-refractivity contribution in [3.63, 3.8) is 0 Å². The second kappa shape index (κ2) is 11.6. The Labute approximate surface area is 231 Å². The minimum absolute atomic E-state index is 0.00819. The zero-order valence-corrected chi connectivity index (χ0v) is 21.7. The minimum atomic E-state index is -5.11. The van der Waals surface area contributed by atoms with Gasteiger partial charge in [0.2, 0.25) is 0 Å².